The minimum atomic E-state index is -0.0490. The van der Waals surface area contributed by atoms with Gasteiger partial charge in [0.2, 0.25) is 0 Å². The summed E-state index contributed by atoms with van der Waals surface area (Å²) in [6.07, 6.45) is 26.1. The Balaban J connectivity index is 0.000000223. The topological polar surface area (TPSA) is 52.0 Å². The van der Waals surface area contributed by atoms with Crippen LogP contribution in [-0.2, 0) is 39.3 Å². The Morgan fingerprint density at radius 1 is 0.731 bits per heavy atom. The van der Waals surface area contributed by atoms with Gasteiger partial charge in [0.25, 0.3) is 0 Å². The predicted molar refractivity (Wildman–Crippen MR) is 280 cm³/mol. The van der Waals surface area contributed by atoms with Gasteiger partial charge < -0.3 is 20.8 Å². The zero-order chi connectivity index (χ0) is 45.6. The molecule has 0 saturated carbocycles. The van der Waals surface area contributed by atoms with E-state index in [0.717, 1.165) is 41.7 Å². The van der Waals surface area contributed by atoms with Gasteiger partial charge in [-0.2, -0.15) is 0 Å². The number of hydrogen-bond acceptors (Lipinski definition) is 1. The molecule has 330 valence electrons. The van der Waals surface area contributed by atoms with Crippen LogP contribution >= 0.6 is 0 Å². The monoisotopic (exact) mass is 1040 g/mol. The van der Waals surface area contributed by atoms with Gasteiger partial charge in [0, 0.05) is 29.7 Å². The first kappa shape index (κ1) is 46.7. The largest absolute Gasteiger partial charge is 2.00 e. The van der Waals surface area contributed by atoms with E-state index in [4.69, 9.17) is 10.4 Å². The Bertz CT molecular complexity index is 3030. The van der Waals surface area contributed by atoms with Crippen LogP contribution in [-0.4, -0.2) is 23.7 Å². The fraction of sp³-hybridized carbons (Fsp3) is 0.161. The van der Waals surface area contributed by atoms with Crippen molar-refractivity contribution >= 4 is 17.2 Å². The van der Waals surface area contributed by atoms with E-state index in [2.05, 4.69) is 179 Å². The van der Waals surface area contributed by atoms with Gasteiger partial charge >= 0.3 is 21.1 Å². The molecular formula is C62H56N4W. The Morgan fingerprint density at radius 2 is 1.48 bits per heavy atom. The first-order valence-corrected chi connectivity index (χ1v) is 23.1. The van der Waals surface area contributed by atoms with Crippen molar-refractivity contribution in [3.63, 3.8) is 0 Å². The van der Waals surface area contributed by atoms with Gasteiger partial charge in [-0.25, -0.2) is 0 Å². The van der Waals surface area contributed by atoms with Crippen molar-refractivity contribution in [3.05, 3.63) is 280 Å². The quantitative estimate of drug-likeness (QED) is 0.0615. The Kier molecular flexibility index (Phi) is 14.4. The number of aliphatic imine (C=N–C) groups is 1. The predicted octanol–water partition coefficient (Wildman–Crippen LogP) is 15.1. The Labute approximate surface area is 412 Å². The summed E-state index contributed by atoms with van der Waals surface area (Å²) in [4.78, 5) is 4.77. The molecule has 0 fully saturated rings. The van der Waals surface area contributed by atoms with Crippen LogP contribution in [0.5, 0.6) is 0 Å². The molecule has 4 nitrogen and oxygen atoms in total. The van der Waals surface area contributed by atoms with Gasteiger partial charge in [-0.3, -0.25) is 0 Å². The van der Waals surface area contributed by atoms with Crippen molar-refractivity contribution in [2.75, 3.05) is 7.05 Å². The summed E-state index contributed by atoms with van der Waals surface area (Å²) in [6.45, 7) is 10.4. The Hall–Kier alpha value is -6.87. The molecule has 2 bridgehead atoms. The van der Waals surface area contributed by atoms with Gasteiger partial charge in [-0.05, 0) is 105 Å². The minimum absolute atomic E-state index is 0. The number of aryl methyl sites for hydroxylation is 1. The van der Waals surface area contributed by atoms with Gasteiger partial charge in [-0.15, -0.1) is 0 Å². The number of allylic oxidation sites excluding steroid dienone is 12. The maximum Gasteiger partial charge on any atom is 2.00 e. The molecule has 2 unspecified atom stereocenters. The molecule has 0 heterocycles. The molecule has 0 aliphatic heterocycles. The molecule has 0 saturated heterocycles. The molecule has 2 atom stereocenters. The third-order valence-corrected chi connectivity index (χ3v) is 13.2. The number of benzene rings is 6. The Morgan fingerprint density at radius 3 is 2.30 bits per heavy atom. The fourth-order valence-electron chi connectivity index (χ4n) is 9.87. The standard InChI is InChI=1S/C40H34N4.C22H22.W/c1-27-11-10-17-30(23-27)37-21-19-28-12-6-7-16-32(24-28)38(37)44(2)43-40(29-13-4-3-5-14-29)42-39(41)33-20-22-36-34(26-33)25-31-15-8-9-18-35(31)36;1-4-5-6-7-8-11-17-14-15-21-19(16-17)18-12-9-10-13-20(18)22(21,2)3;/h3-23,26,28,32H,24-25H2,1-2H3;4-10,12-16H,1,11H2,2-3H3;/q-2;;+2/b;6-5-,8-7-;. The number of nitrogens with zero attached hydrogens (tertiary/aromatic N) is 4. The summed E-state index contributed by atoms with van der Waals surface area (Å²) < 4.78 is 0. The zero-order valence-corrected chi connectivity index (χ0v) is 41.7. The van der Waals surface area contributed by atoms with E-state index < -0.39 is 0 Å². The number of fused-ring (bicyclic) bond motifs is 8. The molecule has 6 aromatic carbocycles. The number of amidine groups is 2. The molecule has 67 heavy (non-hydrogen) atoms. The summed E-state index contributed by atoms with van der Waals surface area (Å²) in [5.74, 6) is 0.895. The minimum Gasteiger partial charge on any atom is -0.464 e. The zero-order valence-electron chi connectivity index (χ0n) is 38.8. The molecular weight excluding hydrogens is 985 g/mol. The van der Waals surface area contributed by atoms with Gasteiger partial charge in [0.15, 0.2) is 0 Å². The summed E-state index contributed by atoms with van der Waals surface area (Å²) in [5, 5.41) is 13.4. The van der Waals surface area contributed by atoms with E-state index in [1.54, 1.807) is 6.08 Å². The second-order valence-electron chi connectivity index (χ2n) is 18.1. The molecule has 0 amide bonds. The van der Waals surface area contributed by atoms with Crippen LogP contribution in [0.25, 0.3) is 38.7 Å². The molecule has 6 aromatic rings. The van der Waals surface area contributed by atoms with E-state index in [0.29, 0.717) is 17.3 Å². The van der Waals surface area contributed by atoms with Crippen molar-refractivity contribution in [1.82, 2.24) is 5.01 Å². The maximum atomic E-state index is 11.4. The van der Waals surface area contributed by atoms with Crippen molar-refractivity contribution in [1.29, 1.82) is 0 Å². The third kappa shape index (κ3) is 10.1. The van der Waals surface area contributed by atoms with E-state index >= 15 is 0 Å². The number of rotatable bonds is 9. The molecule has 5 heteroatoms. The summed E-state index contributed by atoms with van der Waals surface area (Å²) in [6, 6.07) is 48.8. The van der Waals surface area contributed by atoms with Crippen LogP contribution in [0.15, 0.2) is 224 Å². The van der Waals surface area contributed by atoms with E-state index in [9.17, 15) is 5.41 Å². The molecule has 10 rings (SSSR count). The second-order valence-corrected chi connectivity index (χ2v) is 18.1. The summed E-state index contributed by atoms with van der Waals surface area (Å²) in [7, 11) is 1.99. The van der Waals surface area contributed by atoms with Crippen LogP contribution in [0.3, 0.4) is 0 Å². The third-order valence-electron chi connectivity index (χ3n) is 13.2. The molecule has 0 spiro atoms. The molecule has 0 radical (unpaired) electrons. The fourth-order valence-corrected chi connectivity index (χ4v) is 9.87. The first-order chi connectivity index (χ1) is 32.2. The second kappa shape index (κ2) is 20.7. The van der Waals surface area contributed by atoms with Crippen LogP contribution in [0.1, 0.15) is 70.3 Å². The van der Waals surface area contributed by atoms with Crippen LogP contribution in [0.2, 0.25) is 0 Å². The number of hydrogen-bond donors (Lipinski definition) is 0. The SMILES string of the molecule is C=C/C=C\C=C/Cc1ccc2c(c1)-c1ccccc1C2(C)C.Cc1cccc(C2=C(N(C)[N-]C(=NC(=[N-])c3ccc4c(c3)Cc3ccccc3-4)c3ccccc3)C3C=CC=CC(C=C2)C3)c1.[W+2]. The smallest absolute Gasteiger partial charge is 0.464 e. The van der Waals surface area contributed by atoms with Crippen LogP contribution < -0.4 is 0 Å². The van der Waals surface area contributed by atoms with Crippen molar-refractivity contribution in [3.8, 4) is 22.3 Å². The molecule has 4 aliphatic rings. The van der Waals surface area contributed by atoms with E-state index in [1.165, 1.54) is 55.6 Å². The summed E-state index contributed by atoms with van der Waals surface area (Å²) in [5.41, 5.74) is 23.4. The van der Waals surface area contributed by atoms with Crippen LogP contribution in [0, 0.1) is 18.8 Å². The van der Waals surface area contributed by atoms with Gasteiger partial charge in [0.05, 0.1) is 0 Å². The average Bonchev–Trinajstić information content (AvgIpc) is 3.58. The van der Waals surface area contributed by atoms with Gasteiger partial charge in [0.1, 0.15) is 0 Å². The van der Waals surface area contributed by atoms with E-state index in [1.807, 2.05) is 60.6 Å². The first-order valence-electron chi connectivity index (χ1n) is 23.1. The van der Waals surface area contributed by atoms with Crippen molar-refractivity contribution in [2.45, 2.75) is 45.4 Å². The van der Waals surface area contributed by atoms with E-state index in [-0.39, 0.29) is 38.2 Å². The van der Waals surface area contributed by atoms with Crippen molar-refractivity contribution < 1.29 is 21.1 Å². The molecule has 0 N–H and O–H groups in total. The summed E-state index contributed by atoms with van der Waals surface area (Å²) >= 11 is 0. The van der Waals surface area contributed by atoms with Gasteiger partial charge in [-0.1, -0.05) is 238 Å². The van der Waals surface area contributed by atoms with Crippen molar-refractivity contribution in [2.24, 2.45) is 16.8 Å². The average molecular weight is 1040 g/mol. The molecule has 4 aliphatic carbocycles. The maximum absolute atomic E-state index is 11.4. The normalized spacial score (nSPS) is 17.0. The molecule has 0 aromatic heterocycles. The van der Waals surface area contributed by atoms with Crippen LogP contribution in [0.4, 0.5) is 0 Å².